The third kappa shape index (κ3) is 8.46. The van der Waals surface area contributed by atoms with Crippen molar-refractivity contribution in [3.63, 3.8) is 0 Å². The maximum atomic E-state index is 13.9. The van der Waals surface area contributed by atoms with Gasteiger partial charge >= 0.3 is 0 Å². The van der Waals surface area contributed by atoms with Gasteiger partial charge in [0.15, 0.2) is 6.61 Å². The number of benzene rings is 3. The molecule has 13 nitrogen and oxygen atoms in total. The minimum Gasteiger partial charge on any atom is -0.484 e. The monoisotopic (exact) mass is 679 g/mol. The van der Waals surface area contributed by atoms with Crippen LogP contribution < -0.4 is 26.0 Å². The summed E-state index contributed by atoms with van der Waals surface area (Å²) in [6, 6.07) is 18.5. The average molecular weight is 680 g/mol. The van der Waals surface area contributed by atoms with Crippen LogP contribution in [0.25, 0.3) is 11.0 Å². The van der Waals surface area contributed by atoms with Crippen LogP contribution in [0.1, 0.15) is 42.9 Å². The summed E-state index contributed by atoms with van der Waals surface area (Å²) in [5, 5.41) is 11.3. The predicted molar refractivity (Wildman–Crippen MR) is 185 cm³/mol. The molecule has 5 amide bonds. The summed E-state index contributed by atoms with van der Waals surface area (Å²) in [5.41, 5.74) is 4.25. The van der Waals surface area contributed by atoms with Gasteiger partial charge in [0.25, 0.3) is 5.91 Å². The molecule has 0 aliphatic carbocycles. The van der Waals surface area contributed by atoms with Gasteiger partial charge in [0, 0.05) is 19.5 Å². The first-order valence-electron chi connectivity index (χ1n) is 16.9. The number of hydrogen-bond acceptors (Lipinski definition) is 7. The molecule has 4 atom stereocenters. The molecule has 260 valence electrons. The average Bonchev–Trinajstić information content (AvgIpc) is 3.82. The van der Waals surface area contributed by atoms with Gasteiger partial charge in [-0.1, -0.05) is 48.5 Å². The summed E-state index contributed by atoms with van der Waals surface area (Å²) in [7, 11) is 0. The molecule has 5 N–H and O–H groups in total. The number of fused-ring (bicyclic) bond motifs is 14. The molecule has 0 spiro atoms. The Labute approximate surface area is 289 Å². The topological polar surface area (TPSA) is 175 Å². The van der Waals surface area contributed by atoms with Crippen LogP contribution in [0.4, 0.5) is 0 Å². The summed E-state index contributed by atoms with van der Waals surface area (Å²) in [4.78, 5) is 76.3. The molecular formula is C37H41N7O6. The normalized spacial score (nSPS) is 22.0. The van der Waals surface area contributed by atoms with Crippen molar-refractivity contribution in [3.8, 4) is 5.75 Å². The van der Waals surface area contributed by atoms with Crippen LogP contribution in [-0.2, 0) is 43.4 Å². The summed E-state index contributed by atoms with van der Waals surface area (Å²) < 4.78 is 5.75. The number of carbonyl (C=O) groups excluding carboxylic acids is 5. The van der Waals surface area contributed by atoms with Crippen LogP contribution >= 0.6 is 0 Å². The molecule has 50 heavy (non-hydrogen) atoms. The molecule has 3 aliphatic heterocycles. The van der Waals surface area contributed by atoms with E-state index in [2.05, 4.69) is 31.2 Å². The third-order valence-corrected chi connectivity index (χ3v) is 9.11. The Hall–Kier alpha value is -5.72. The fourth-order valence-electron chi connectivity index (χ4n) is 6.34. The van der Waals surface area contributed by atoms with Crippen LogP contribution in [-0.4, -0.2) is 81.7 Å². The lowest BCUT2D eigenvalue weighted by Gasteiger charge is -2.29. The van der Waals surface area contributed by atoms with Gasteiger partial charge in [-0.25, -0.2) is 4.98 Å². The quantitative estimate of drug-likeness (QED) is 0.207. The number of aromatic nitrogens is 2. The van der Waals surface area contributed by atoms with Crippen molar-refractivity contribution in [2.24, 2.45) is 0 Å². The predicted octanol–water partition coefficient (Wildman–Crippen LogP) is 1.91. The van der Waals surface area contributed by atoms with E-state index in [0.717, 1.165) is 27.7 Å². The second-order valence-corrected chi connectivity index (χ2v) is 12.7. The maximum absolute atomic E-state index is 13.9. The van der Waals surface area contributed by atoms with Crippen molar-refractivity contribution in [2.75, 3.05) is 13.2 Å². The summed E-state index contributed by atoms with van der Waals surface area (Å²) in [6.45, 7) is 1.79. The maximum Gasteiger partial charge on any atom is 0.258 e. The minimum atomic E-state index is -0.996. The number of ether oxygens (including phenoxy) is 1. The van der Waals surface area contributed by atoms with Gasteiger partial charge in [0.1, 0.15) is 29.9 Å². The van der Waals surface area contributed by atoms with Crippen LogP contribution in [0.3, 0.4) is 0 Å². The molecule has 7 rings (SSSR count). The van der Waals surface area contributed by atoms with E-state index < -0.39 is 47.8 Å². The SMILES string of the molecule is C[C@@H]1NC(=O)[C@@H]2CCCN2C(=O)[C@H](CCc2ccccc2)NC(=O)COc2ccc(cc2)C[C@@H](C(=O)NCc2ccc3nc[nH]c3c2)NC1=O. The molecule has 0 saturated carbocycles. The third-order valence-electron chi connectivity index (χ3n) is 9.11. The number of nitrogens with zero attached hydrogens (tertiary/aromatic N) is 2. The van der Waals surface area contributed by atoms with E-state index in [0.29, 0.717) is 38.0 Å². The Morgan fingerprint density at radius 2 is 1.74 bits per heavy atom. The van der Waals surface area contributed by atoms with Crippen LogP contribution in [0.15, 0.2) is 79.1 Å². The number of imidazole rings is 1. The molecule has 0 radical (unpaired) electrons. The molecule has 2 bridgehead atoms. The highest BCUT2D eigenvalue weighted by molar-refractivity contribution is 5.96. The van der Waals surface area contributed by atoms with Gasteiger partial charge in [-0.05, 0) is 73.6 Å². The Balaban J connectivity index is 1.20. The first-order valence-corrected chi connectivity index (χ1v) is 16.9. The number of carbonyl (C=O) groups is 5. The standard InChI is InChI=1S/C37H41N7O6/c1-23-34(46)43-31(35(47)38-20-26-12-15-28-30(19-26)40-22-39-28)18-25-9-13-27(14-10-25)50-21-33(45)42-29(16-11-24-6-3-2-4-7-24)37(49)44-17-5-8-32(44)36(48)41-23/h2-4,6-7,9-10,12-15,19,22-23,29,31-32H,5,8,11,16-18,20-21H2,1H3,(H,38,47)(H,39,40)(H,41,48)(H,42,45)(H,43,46)/t23-,29-,31-,32-/m0/s1. The molecule has 1 aromatic heterocycles. The number of nitrogens with one attached hydrogen (secondary N) is 5. The summed E-state index contributed by atoms with van der Waals surface area (Å²) in [5.74, 6) is -1.83. The highest BCUT2D eigenvalue weighted by atomic mass is 16.5. The van der Waals surface area contributed by atoms with Gasteiger partial charge in [-0.2, -0.15) is 0 Å². The largest absolute Gasteiger partial charge is 0.484 e. The zero-order chi connectivity index (χ0) is 35.0. The lowest BCUT2D eigenvalue weighted by Crippen LogP contribution is -2.57. The molecule has 3 aromatic carbocycles. The van der Waals surface area contributed by atoms with Gasteiger partial charge < -0.3 is 35.9 Å². The Kier molecular flexibility index (Phi) is 10.7. The molecular weight excluding hydrogens is 638 g/mol. The van der Waals surface area contributed by atoms with Crippen molar-refractivity contribution < 1.29 is 28.7 Å². The van der Waals surface area contributed by atoms with Crippen molar-refractivity contribution in [1.29, 1.82) is 0 Å². The zero-order valence-corrected chi connectivity index (χ0v) is 27.8. The van der Waals surface area contributed by atoms with Gasteiger partial charge in [-0.3, -0.25) is 24.0 Å². The Morgan fingerprint density at radius 3 is 2.54 bits per heavy atom. The number of H-pyrrole nitrogens is 1. The number of aromatic amines is 1. The molecule has 4 heterocycles. The molecule has 1 fully saturated rings. The van der Waals surface area contributed by atoms with E-state index in [9.17, 15) is 24.0 Å². The Bertz CT molecular complexity index is 1840. The highest BCUT2D eigenvalue weighted by Gasteiger charge is 2.38. The Morgan fingerprint density at radius 1 is 0.940 bits per heavy atom. The molecule has 4 aromatic rings. The molecule has 0 unspecified atom stereocenters. The number of aryl methyl sites for hydroxylation is 1. The fraction of sp³-hybridized carbons (Fsp3) is 0.351. The van der Waals surface area contributed by atoms with Gasteiger partial charge in [0.05, 0.1) is 17.4 Å². The molecule has 3 aliphatic rings. The first kappa shape index (κ1) is 34.2. The van der Waals surface area contributed by atoms with Crippen LogP contribution in [0, 0.1) is 0 Å². The van der Waals surface area contributed by atoms with E-state index >= 15 is 0 Å². The number of amides is 5. The lowest BCUT2D eigenvalue weighted by atomic mass is 10.0. The fourth-order valence-corrected chi connectivity index (χ4v) is 6.34. The van der Waals surface area contributed by atoms with E-state index in [1.165, 1.54) is 4.90 Å². The van der Waals surface area contributed by atoms with E-state index in [-0.39, 0.29) is 25.5 Å². The lowest BCUT2D eigenvalue weighted by molar-refractivity contribution is -0.142. The van der Waals surface area contributed by atoms with E-state index in [1.807, 2.05) is 48.5 Å². The minimum absolute atomic E-state index is 0.159. The van der Waals surface area contributed by atoms with Crippen LogP contribution in [0.2, 0.25) is 0 Å². The van der Waals surface area contributed by atoms with Gasteiger partial charge in [-0.15, -0.1) is 0 Å². The number of hydrogen-bond donors (Lipinski definition) is 5. The van der Waals surface area contributed by atoms with Crippen LogP contribution in [0.5, 0.6) is 5.75 Å². The summed E-state index contributed by atoms with van der Waals surface area (Å²) >= 11 is 0. The van der Waals surface area contributed by atoms with Crippen molar-refractivity contribution in [1.82, 2.24) is 36.1 Å². The first-order chi connectivity index (χ1) is 24.2. The smallest absolute Gasteiger partial charge is 0.258 e. The summed E-state index contributed by atoms with van der Waals surface area (Å²) in [6.07, 6.45) is 3.63. The van der Waals surface area contributed by atoms with Crippen molar-refractivity contribution in [2.45, 2.75) is 69.7 Å². The highest BCUT2D eigenvalue weighted by Crippen LogP contribution is 2.21. The second-order valence-electron chi connectivity index (χ2n) is 12.7. The molecule has 13 heteroatoms. The van der Waals surface area contributed by atoms with E-state index in [1.54, 1.807) is 37.5 Å². The number of rotatable bonds is 6. The van der Waals surface area contributed by atoms with E-state index in [4.69, 9.17) is 4.74 Å². The van der Waals surface area contributed by atoms with Crippen molar-refractivity contribution in [3.05, 3.63) is 95.8 Å². The second kappa shape index (κ2) is 15.7. The zero-order valence-electron chi connectivity index (χ0n) is 27.8. The molecule has 1 saturated heterocycles. The van der Waals surface area contributed by atoms with Gasteiger partial charge in [0.2, 0.25) is 23.6 Å². The van der Waals surface area contributed by atoms with Crippen molar-refractivity contribution >= 4 is 40.6 Å².